The van der Waals surface area contributed by atoms with Gasteiger partial charge in [0.05, 0.1) is 23.4 Å². The number of carbonyl (C=O) groups is 4. The van der Waals surface area contributed by atoms with Crippen LogP contribution < -0.4 is 14.5 Å². The number of benzene rings is 2. The zero-order valence-corrected chi connectivity index (χ0v) is 20.0. The molecule has 2 aliphatic carbocycles. The summed E-state index contributed by atoms with van der Waals surface area (Å²) in [6, 6.07) is 11.8. The fraction of sp³-hybridized carbons (Fsp3) is 0.407. The molecule has 0 aromatic heterocycles. The van der Waals surface area contributed by atoms with Crippen molar-refractivity contribution in [1.29, 1.82) is 0 Å². The first-order valence-corrected chi connectivity index (χ1v) is 12.5. The molecule has 6 rings (SSSR count). The average Bonchev–Trinajstić information content (AvgIpc) is 3.60. The number of carbonyl (C=O) groups excluding carboxylic acids is 4. The van der Waals surface area contributed by atoms with E-state index in [1.54, 1.807) is 41.3 Å². The van der Waals surface area contributed by atoms with E-state index in [-0.39, 0.29) is 42.5 Å². The summed E-state index contributed by atoms with van der Waals surface area (Å²) in [6.45, 7) is 2.06. The fourth-order valence-corrected chi connectivity index (χ4v) is 6.68. The second-order valence-corrected chi connectivity index (χ2v) is 10.5. The number of amides is 3. The van der Waals surface area contributed by atoms with Crippen LogP contribution in [0.3, 0.4) is 0 Å². The van der Waals surface area contributed by atoms with E-state index in [1.165, 1.54) is 4.90 Å². The zero-order chi connectivity index (χ0) is 24.4. The number of halogens is 1. The number of rotatable bonds is 4. The van der Waals surface area contributed by atoms with Crippen LogP contribution in [-0.2, 0) is 19.2 Å². The normalized spacial score (nSPS) is 29.3. The number of ether oxygens (including phenoxy) is 1. The number of esters is 1. The van der Waals surface area contributed by atoms with E-state index >= 15 is 0 Å². The molecule has 2 aromatic carbocycles. The molecule has 0 radical (unpaired) electrons. The molecule has 4 fully saturated rings. The molecule has 4 aliphatic rings. The van der Waals surface area contributed by atoms with Crippen molar-refractivity contribution < 1.29 is 23.9 Å². The summed E-state index contributed by atoms with van der Waals surface area (Å²) in [5.74, 6) is -0.830. The molecule has 5 atom stereocenters. The van der Waals surface area contributed by atoms with Gasteiger partial charge >= 0.3 is 5.97 Å². The molecule has 2 saturated heterocycles. The molecule has 2 saturated carbocycles. The van der Waals surface area contributed by atoms with Gasteiger partial charge in [0.15, 0.2) is 0 Å². The van der Waals surface area contributed by atoms with E-state index in [1.807, 2.05) is 13.0 Å². The van der Waals surface area contributed by atoms with Gasteiger partial charge in [-0.15, -0.1) is 0 Å². The van der Waals surface area contributed by atoms with Gasteiger partial charge in [-0.25, -0.2) is 0 Å². The Hall–Kier alpha value is -3.19. The topological polar surface area (TPSA) is 84.0 Å². The molecule has 2 aliphatic heterocycles. The number of imide groups is 1. The van der Waals surface area contributed by atoms with Gasteiger partial charge in [-0.2, -0.15) is 0 Å². The smallest absolute Gasteiger partial charge is 0.316 e. The van der Waals surface area contributed by atoms with Gasteiger partial charge in [0, 0.05) is 23.7 Å². The van der Waals surface area contributed by atoms with E-state index < -0.39 is 11.9 Å². The highest BCUT2D eigenvalue weighted by atomic mass is 35.5. The van der Waals surface area contributed by atoms with Crippen molar-refractivity contribution in [3.8, 4) is 5.75 Å². The molecule has 35 heavy (non-hydrogen) atoms. The monoisotopic (exact) mass is 492 g/mol. The molecule has 180 valence electrons. The second-order valence-electron chi connectivity index (χ2n) is 10.1. The van der Waals surface area contributed by atoms with Crippen molar-refractivity contribution >= 4 is 46.7 Å². The van der Waals surface area contributed by atoms with Crippen LogP contribution in [0.4, 0.5) is 11.4 Å². The Morgan fingerprint density at radius 2 is 1.63 bits per heavy atom. The Morgan fingerprint density at radius 1 is 0.971 bits per heavy atom. The van der Waals surface area contributed by atoms with Gasteiger partial charge in [0.25, 0.3) is 0 Å². The van der Waals surface area contributed by atoms with Gasteiger partial charge in [0.1, 0.15) is 5.75 Å². The molecule has 8 heteroatoms. The van der Waals surface area contributed by atoms with Crippen LogP contribution in [0.2, 0.25) is 5.02 Å². The maximum atomic E-state index is 13.0. The molecule has 7 nitrogen and oxygen atoms in total. The van der Waals surface area contributed by atoms with Crippen molar-refractivity contribution in [2.24, 2.45) is 29.6 Å². The van der Waals surface area contributed by atoms with E-state index in [2.05, 4.69) is 0 Å². The minimum atomic E-state index is -0.600. The van der Waals surface area contributed by atoms with Gasteiger partial charge in [0.2, 0.25) is 17.7 Å². The second kappa shape index (κ2) is 8.19. The average molecular weight is 493 g/mol. The first kappa shape index (κ1) is 22.3. The van der Waals surface area contributed by atoms with Gasteiger partial charge < -0.3 is 9.64 Å². The summed E-state index contributed by atoms with van der Waals surface area (Å²) >= 11 is 6.19. The highest BCUT2D eigenvalue weighted by molar-refractivity contribution is 6.31. The highest BCUT2D eigenvalue weighted by Crippen LogP contribution is 2.56. The molecule has 2 bridgehead atoms. The lowest BCUT2D eigenvalue weighted by Crippen LogP contribution is -2.32. The molecule has 0 spiro atoms. The SMILES string of the molecule is Cc1c(Cl)cccc1N1C[C@@H](C(=O)Oc2ccc(N3C(=O)[C@@H]4[C@H]5CC[C@@H](C5)[C@@H]4C3=O)cc2)CC1=O. The van der Waals surface area contributed by atoms with E-state index in [9.17, 15) is 19.2 Å². The molecule has 2 aromatic rings. The first-order chi connectivity index (χ1) is 16.8. The summed E-state index contributed by atoms with van der Waals surface area (Å²) in [5.41, 5.74) is 1.99. The highest BCUT2D eigenvalue weighted by Gasteiger charge is 2.61. The Morgan fingerprint density at radius 3 is 2.29 bits per heavy atom. The Balaban J connectivity index is 1.13. The third-order valence-electron chi connectivity index (χ3n) is 8.23. The third-order valence-corrected chi connectivity index (χ3v) is 8.64. The van der Waals surface area contributed by atoms with Crippen molar-refractivity contribution in [2.45, 2.75) is 32.6 Å². The number of fused-ring (bicyclic) bond motifs is 5. The van der Waals surface area contributed by atoms with E-state index in [0.29, 0.717) is 34.0 Å². The van der Waals surface area contributed by atoms with E-state index in [0.717, 1.165) is 24.8 Å². The number of anilines is 2. The van der Waals surface area contributed by atoms with Crippen LogP contribution in [0.1, 0.15) is 31.2 Å². The third kappa shape index (κ3) is 3.47. The van der Waals surface area contributed by atoms with Crippen molar-refractivity contribution in [2.75, 3.05) is 16.3 Å². The van der Waals surface area contributed by atoms with Gasteiger partial charge in [-0.05, 0) is 80.0 Å². The van der Waals surface area contributed by atoms with Crippen LogP contribution in [0.25, 0.3) is 0 Å². The van der Waals surface area contributed by atoms with Crippen molar-refractivity contribution in [3.05, 3.63) is 53.1 Å². The van der Waals surface area contributed by atoms with Crippen molar-refractivity contribution in [1.82, 2.24) is 0 Å². The maximum absolute atomic E-state index is 13.0. The molecule has 2 heterocycles. The number of hydrogen-bond donors (Lipinski definition) is 0. The quantitative estimate of drug-likeness (QED) is 0.364. The lowest BCUT2D eigenvalue weighted by atomic mass is 9.81. The van der Waals surface area contributed by atoms with Gasteiger partial charge in [-0.3, -0.25) is 24.1 Å². The predicted molar refractivity (Wildman–Crippen MR) is 129 cm³/mol. The fourth-order valence-electron chi connectivity index (χ4n) is 6.51. The lowest BCUT2D eigenvalue weighted by Gasteiger charge is -2.19. The first-order valence-electron chi connectivity index (χ1n) is 12.1. The molecular weight excluding hydrogens is 468 g/mol. The minimum absolute atomic E-state index is 0.0603. The summed E-state index contributed by atoms with van der Waals surface area (Å²) in [4.78, 5) is 54.3. The lowest BCUT2D eigenvalue weighted by molar-refractivity contribution is -0.139. The Labute approximate surface area is 208 Å². The Kier molecular flexibility index (Phi) is 5.22. The van der Waals surface area contributed by atoms with Crippen molar-refractivity contribution in [3.63, 3.8) is 0 Å². The minimum Gasteiger partial charge on any atom is -0.426 e. The van der Waals surface area contributed by atoms with Gasteiger partial charge in [-0.1, -0.05) is 17.7 Å². The largest absolute Gasteiger partial charge is 0.426 e. The molecule has 0 unspecified atom stereocenters. The summed E-state index contributed by atoms with van der Waals surface area (Å²) in [6.07, 6.45) is 3.12. The van der Waals surface area contributed by atoms with E-state index in [4.69, 9.17) is 16.3 Å². The molecule has 3 amide bonds. The summed E-state index contributed by atoms with van der Waals surface area (Å²) in [5, 5.41) is 0.563. The molecule has 0 N–H and O–H groups in total. The van der Waals surface area contributed by atoms with Crippen LogP contribution >= 0.6 is 11.6 Å². The summed E-state index contributed by atoms with van der Waals surface area (Å²) < 4.78 is 5.54. The zero-order valence-electron chi connectivity index (χ0n) is 19.3. The number of hydrogen-bond acceptors (Lipinski definition) is 5. The van der Waals surface area contributed by atoms with Crippen LogP contribution in [0.5, 0.6) is 5.75 Å². The number of nitrogens with zero attached hydrogens (tertiary/aromatic N) is 2. The maximum Gasteiger partial charge on any atom is 0.316 e. The van der Waals surface area contributed by atoms with Crippen LogP contribution in [-0.4, -0.2) is 30.2 Å². The predicted octanol–water partition coefficient (Wildman–Crippen LogP) is 4.14. The van der Waals surface area contributed by atoms with Crippen LogP contribution in [0.15, 0.2) is 42.5 Å². The van der Waals surface area contributed by atoms with Crippen LogP contribution in [0, 0.1) is 36.5 Å². The standard InChI is InChI=1S/C27H25ClN2O5/c1-14-20(28)3-2-4-21(14)29-13-17(12-22(29)31)27(34)35-19-9-7-18(8-10-19)30-25(32)23-15-5-6-16(11-15)24(23)26(30)33/h2-4,7-10,15-17,23-24H,5-6,11-13H2,1H3/t15-,16-,17-,23-,24+/m0/s1. The molecular formula is C27H25ClN2O5. The summed E-state index contributed by atoms with van der Waals surface area (Å²) in [7, 11) is 0. The Bertz CT molecular complexity index is 1230.